The van der Waals surface area contributed by atoms with Crippen molar-refractivity contribution >= 4 is 56.2 Å². The van der Waals surface area contributed by atoms with Crippen LogP contribution in [0.5, 0.6) is 11.5 Å². The Morgan fingerprint density at radius 2 is 1.56 bits per heavy atom. The third-order valence-electron chi connectivity index (χ3n) is 5.35. The number of aryl methyl sites for hydroxylation is 1. The monoisotopic (exact) mass is 558 g/mol. The van der Waals surface area contributed by atoms with Crippen LogP contribution in [0.25, 0.3) is 16.8 Å². The second-order valence-electron chi connectivity index (χ2n) is 7.84. The molecule has 5 aromatic rings. The van der Waals surface area contributed by atoms with Gasteiger partial charge in [-0.15, -0.1) is 10.2 Å². The fourth-order valence-corrected chi connectivity index (χ4v) is 5.20. The second kappa shape index (κ2) is 9.63. The van der Waals surface area contributed by atoms with Crippen molar-refractivity contribution < 1.29 is 13.2 Å². The molecule has 0 aliphatic heterocycles. The van der Waals surface area contributed by atoms with Crippen LogP contribution >= 0.6 is 34.8 Å². The third-order valence-corrected chi connectivity index (χ3v) is 7.53. The van der Waals surface area contributed by atoms with E-state index in [0.717, 1.165) is 5.56 Å². The van der Waals surface area contributed by atoms with Crippen LogP contribution in [0.4, 0.5) is 5.69 Å². The van der Waals surface area contributed by atoms with Crippen molar-refractivity contribution in [1.29, 1.82) is 0 Å². The molecule has 0 spiro atoms. The highest BCUT2D eigenvalue weighted by atomic mass is 35.5. The van der Waals surface area contributed by atoms with Crippen LogP contribution in [-0.4, -0.2) is 23.0 Å². The fourth-order valence-electron chi connectivity index (χ4n) is 3.58. The molecule has 0 bridgehead atoms. The van der Waals surface area contributed by atoms with Gasteiger partial charge in [0.2, 0.25) is 0 Å². The summed E-state index contributed by atoms with van der Waals surface area (Å²) in [4.78, 5) is 0.0863. The Kier molecular flexibility index (Phi) is 6.53. The van der Waals surface area contributed by atoms with Gasteiger partial charge in [-0.25, -0.2) is 8.42 Å². The largest absolute Gasteiger partial charge is 0.455 e. The van der Waals surface area contributed by atoms with Crippen LogP contribution in [0.3, 0.4) is 0 Å². The zero-order valence-corrected chi connectivity index (χ0v) is 21.7. The van der Waals surface area contributed by atoms with Crippen molar-refractivity contribution in [2.24, 2.45) is 0 Å². The van der Waals surface area contributed by atoms with E-state index in [-0.39, 0.29) is 4.90 Å². The summed E-state index contributed by atoms with van der Waals surface area (Å²) in [5.74, 6) is 1.56. The number of halogens is 3. The van der Waals surface area contributed by atoms with Gasteiger partial charge < -0.3 is 4.74 Å². The summed E-state index contributed by atoms with van der Waals surface area (Å²) in [6, 6.07) is 19.5. The molecule has 0 unspecified atom stereocenters. The minimum absolute atomic E-state index is 0.0863. The molecule has 11 heteroatoms. The lowest BCUT2D eigenvalue weighted by molar-refractivity contribution is 0.485. The predicted molar refractivity (Wildman–Crippen MR) is 142 cm³/mol. The number of nitrogens with one attached hydrogen (secondary N) is 1. The summed E-state index contributed by atoms with van der Waals surface area (Å²) in [5.41, 5.74) is 2.39. The zero-order chi connectivity index (χ0) is 25.4. The average molecular weight is 560 g/mol. The maximum atomic E-state index is 13.0. The van der Waals surface area contributed by atoms with Gasteiger partial charge in [-0.2, -0.15) is 0 Å². The topological polar surface area (TPSA) is 85.6 Å². The molecule has 0 aliphatic carbocycles. The Labute approximate surface area is 222 Å². The van der Waals surface area contributed by atoms with E-state index < -0.39 is 10.0 Å². The number of aromatic nitrogens is 3. The SMILES string of the molecule is Cc1nnc2ccc(-c3cc(NS(=O)(=O)c4ccc(Cl)cc4)ccc3Oc3ccc(Cl)cc3Cl)cn12. The van der Waals surface area contributed by atoms with E-state index in [1.807, 2.05) is 29.7 Å². The van der Waals surface area contributed by atoms with Crippen molar-refractivity contribution in [3.63, 3.8) is 0 Å². The molecule has 36 heavy (non-hydrogen) atoms. The number of hydrogen-bond acceptors (Lipinski definition) is 5. The van der Waals surface area contributed by atoms with Crippen molar-refractivity contribution in [1.82, 2.24) is 14.6 Å². The first kappa shape index (κ1) is 24.4. The fraction of sp³-hybridized carbons (Fsp3) is 0.0400. The predicted octanol–water partition coefficient (Wildman–Crippen LogP) is 7.26. The zero-order valence-electron chi connectivity index (χ0n) is 18.6. The van der Waals surface area contributed by atoms with Crippen LogP contribution in [0, 0.1) is 6.92 Å². The van der Waals surface area contributed by atoms with E-state index in [2.05, 4.69) is 14.9 Å². The number of anilines is 1. The van der Waals surface area contributed by atoms with Crippen LogP contribution in [0.15, 0.2) is 83.9 Å². The molecular formula is C25H17Cl3N4O3S. The molecule has 0 amide bonds. The minimum Gasteiger partial charge on any atom is -0.455 e. The van der Waals surface area contributed by atoms with E-state index in [1.165, 1.54) is 24.3 Å². The number of sulfonamides is 1. The summed E-state index contributed by atoms with van der Waals surface area (Å²) in [7, 11) is -3.86. The maximum Gasteiger partial charge on any atom is 0.261 e. The number of fused-ring (bicyclic) bond motifs is 1. The van der Waals surface area contributed by atoms with Gasteiger partial charge in [0, 0.05) is 33.1 Å². The molecule has 0 aliphatic rings. The number of ether oxygens (including phenoxy) is 1. The van der Waals surface area contributed by atoms with Crippen LogP contribution < -0.4 is 9.46 Å². The van der Waals surface area contributed by atoms with Crippen LogP contribution in [0.1, 0.15) is 5.82 Å². The van der Waals surface area contributed by atoms with Gasteiger partial charge in [-0.3, -0.25) is 9.12 Å². The highest BCUT2D eigenvalue weighted by molar-refractivity contribution is 7.92. The van der Waals surface area contributed by atoms with Gasteiger partial charge in [0.25, 0.3) is 10.0 Å². The third kappa shape index (κ3) is 4.99. The van der Waals surface area contributed by atoms with Crippen molar-refractivity contribution in [3.8, 4) is 22.6 Å². The molecule has 5 rings (SSSR count). The molecule has 0 saturated carbocycles. The molecule has 182 valence electrons. The Morgan fingerprint density at radius 1 is 0.833 bits per heavy atom. The van der Waals surface area contributed by atoms with Crippen LogP contribution in [0.2, 0.25) is 15.1 Å². The van der Waals surface area contributed by atoms with Gasteiger partial charge in [0.15, 0.2) is 5.65 Å². The van der Waals surface area contributed by atoms with E-state index >= 15 is 0 Å². The molecule has 7 nitrogen and oxygen atoms in total. The summed E-state index contributed by atoms with van der Waals surface area (Å²) in [6.45, 7) is 1.84. The van der Waals surface area contributed by atoms with Crippen molar-refractivity contribution in [3.05, 3.63) is 99.9 Å². The molecule has 0 fully saturated rings. The standard InChI is InChI=1S/C25H17Cl3N4O3S/c1-15-29-30-25-11-2-16(14-32(15)25)21-13-19(31-36(33,34)20-7-3-17(26)4-8-20)6-10-23(21)35-24-9-5-18(27)12-22(24)28/h2-14,31H,1H3. The molecule has 1 N–H and O–H groups in total. The van der Waals surface area contributed by atoms with E-state index in [4.69, 9.17) is 39.5 Å². The highest BCUT2D eigenvalue weighted by Gasteiger charge is 2.17. The second-order valence-corrected chi connectivity index (χ2v) is 10.8. The first-order valence-electron chi connectivity index (χ1n) is 10.6. The Morgan fingerprint density at radius 3 is 2.31 bits per heavy atom. The van der Waals surface area contributed by atoms with Gasteiger partial charge in [0.1, 0.15) is 17.3 Å². The highest BCUT2D eigenvalue weighted by Crippen LogP contribution is 2.39. The van der Waals surface area contributed by atoms with E-state index in [1.54, 1.807) is 36.4 Å². The number of benzene rings is 3. The van der Waals surface area contributed by atoms with Crippen molar-refractivity contribution in [2.45, 2.75) is 11.8 Å². The molecule has 2 heterocycles. The minimum atomic E-state index is -3.86. The molecule has 2 aromatic heterocycles. The lowest BCUT2D eigenvalue weighted by Gasteiger charge is -2.16. The summed E-state index contributed by atoms with van der Waals surface area (Å²) >= 11 is 18.3. The van der Waals surface area contributed by atoms with E-state index in [0.29, 0.717) is 49.3 Å². The molecule has 0 radical (unpaired) electrons. The number of nitrogens with zero attached hydrogens (tertiary/aromatic N) is 3. The van der Waals surface area contributed by atoms with Gasteiger partial charge in [-0.05, 0) is 79.7 Å². The molecule has 0 atom stereocenters. The first-order chi connectivity index (χ1) is 17.2. The Hall–Kier alpha value is -3.30. The molecule has 0 saturated heterocycles. The number of pyridine rings is 1. The van der Waals surface area contributed by atoms with Gasteiger partial charge >= 0.3 is 0 Å². The van der Waals surface area contributed by atoms with Gasteiger partial charge in [-0.1, -0.05) is 34.8 Å². The van der Waals surface area contributed by atoms with Gasteiger partial charge in [0.05, 0.1) is 9.92 Å². The maximum absolute atomic E-state index is 13.0. The Bertz CT molecular complexity index is 1700. The summed E-state index contributed by atoms with van der Waals surface area (Å²) in [6.07, 6.45) is 1.85. The average Bonchev–Trinajstić information content (AvgIpc) is 3.22. The van der Waals surface area contributed by atoms with Crippen molar-refractivity contribution in [2.75, 3.05) is 4.72 Å². The number of rotatable bonds is 6. The van der Waals surface area contributed by atoms with Crippen LogP contribution in [-0.2, 0) is 10.0 Å². The lowest BCUT2D eigenvalue weighted by Crippen LogP contribution is -2.12. The van der Waals surface area contributed by atoms with E-state index in [9.17, 15) is 8.42 Å². The first-order valence-corrected chi connectivity index (χ1v) is 13.2. The molecular weight excluding hydrogens is 543 g/mol. The summed E-state index contributed by atoms with van der Waals surface area (Å²) in [5, 5.41) is 9.48. The molecule has 3 aromatic carbocycles. The number of hydrogen-bond donors (Lipinski definition) is 1. The Balaban J connectivity index is 1.59. The summed E-state index contributed by atoms with van der Waals surface area (Å²) < 4.78 is 36.5. The smallest absolute Gasteiger partial charge is 0.261 e. The lowest BCUT2D eigenvalue weighted by atomic mass is 10.1. The normalized spacial score (nSPS) is 11.6. The quantitative estimate of drug-likeness (QED) is 0.237.